The summed E-state index contributed by atoms with van der Waals surface area (Å²) in [6.45, 7) is 6.26. The minimum atomic E-state index is -1.07. The molecular formula is C25H30O7. The molecule has 0 spiro atoms. The summed E-state index contributed by atoms with van der Waals surface area (Å²) < 4.78 is 21.5. The van der Waals surface area contributed by atoms with Gasteiger partial charge < -0.3 is 18.9 Å². The Morgan fingerprint density at radius 1 is 0.844 bits per heavy atom. The van der Waals surface area contributed by atoms with Crippen molar-refractivity contribution in [3.63, 3.8) is 0 Å². The molecule has 2 aromatic rings. The Balaban J connectivity index is 1.89. The van der Waals surface area contributed by atoms with Gasteiger partial charge in [-0.1, -0.05) is 42.5 Å². The molecule has 32 heavy (non-hydrogen) atoms. The average Bonchev–Trinajstić information content (AvgIpc) is 2.77. The highest BCUT2D eigenvalue weighted by Gasteiger charge is 2.32. The predicted molar refractivity (Wildman–Crippen MR) is 119 cm³/mol. The molecule has 2 aromatic carbocycles. The second kappa shape index (κ2) is 11.0. The lowest BCUT2D eigenvalue weighted by Gasteiger charge is -2.30. The molecule has 0 saturated carbocycles. The number of ketones is 2. The van der Waals surface area contributed by atoms with Crippen LogP contribution in [0.3, 0.4) is 0 Å². The molecule has 0 N–H and O–H groups in total. The van der Waals surface area contributed by atoms with Gasteiger partial charge >= 0.3 is 5.97 Å². The van der Waals surface area contributed by atoms with Crippen molar-refractivity contribution in [2.75, 3.05) is 26.9 Å². The van der Waals surface area contributed by atoms with Crippen molar-refractivity contribution in [2.45, 2.75) is 38.9 Å². The van der Waals surface area contributed by atoms with Crippen LogP contribution in [0.25, 0.3) is 0 Å². The predicted octanol–water partition coefficient (Wildman–Crippen LogP) is 3.63. The molecule has 0 atom stereocenters. The summed E-state index contributed by atoms with van der Waals surface area (Å²) in [6.07, 6.45) is 0. The van der Waals surface area contributed by atoms with E-state index in [1.807, 2.05) is 6.07 Å². The van der Waals surface area contributed by atoms with E-state index in [0.29, 0.717) is 16.9 Å². The third-order valence-electron chi connectivity index (χ3n) is 4.61. The molecule has 0 saturated heterocycles. The molecule has 0 aliphatic rings. The highest BCUT2D eigenvalue weighted by Crippen LogP contribution is 2.19. The summed E-state index contributed by atoms with van der Waals surface area (Å²) in [6, 6.07) is 15.5. The zero-order valence-electron chi connectivity index (χ0n) is 19.2. The molecule has 0 amide bonds. The number of Topliss-reactive ketones (excluding diaryl/α,β-unsaturated/α-hetero) is 1. The second-order valence-electron chi connectivity index (χ2n) is 8.40. The summed E-state index contributed by atoms with van der Waals surface area (Å²) in [4.78, 5) is 36.9. The standard InChI is InChI=1S/C25H30O7/c1-24(2,17-31-25(3,4)21(26)15-29-5)32-22(27)16-30-20-13-9-12-19(14-20)23(28)18-10-7-6-8-11-18/h6-14H,15-17H2,1-5H3. The van der Waals surface area contributed by atoms with E-state index in [-0.39, 0.29) is 31.4 Å². The molecule has 0 unspecified atom stereocenters. The van der Waals surface area contributed by atoms with Crippen LogP contribution in [0.1, 0.15) is 43.6 Å². The SMILES string of the molecule is COCC(=O)C(C)(C)OCC(C)(C)OC(=O)COc1cccc(C(=O)c2ccccc2)c1. The number of esters is 1. The molecule has 0 aliphatic heterocycles. The smallest absolute Gasteiger partial charge is 0.344 e. The molecule has 0 aliphatic carbocycles. The Morgan fingerprint density at radius 3 is 2.16 bits per heavy atom. The van der Waals surface area contributed by atoms with Gasteiger partial charge in [0.1, 0.15) is 23.6 Å². The molecule has 7 nitrogen and oxygen atoms in total. The monoisotopic (exact) mass is 442 g/mol. The van der Waals surface area contributed by atoms with E-state index < -0.39 is 17.2 Å². The largest absolute Gasteiger partial charge is 0.482 e. The zero-order valence-corrected chi connectivity index (χ0v) is 19.2. The number of benzene rings is 2. The van der Waals surface area contributed by atoms with Crippen LogP contribution in [0, 0.1) is 0 Å². The Bertz CT molecular complexity index is 932. The van der Waals surface area contributed by atoms with E-state index in [4.69, 9.17) is 18.9 Å². The molecular weight excluding hydrogens is 412 g/mol. The fourth-order valence-corrected chi connectivity index (χ4v) is 2.73. The molecule has 0 fully saturated rings. The average molecular weight is 443 g/mol. The lowest BCUT2D eigenvalue weighted by atomic mass is 10.0. The first-order chi connectivity index (χ1) is 15.0. The minimum absolute atomic E-state index is 0.0161. The molecule has 0 heterocycles. The van der Waals surface area contributed by atoms with Gasteiger partial charge in [-0.25, -0.2) is 4.79 Å². The van der Waals surface area contributed by atoms with Crippen molar-refractivity contribution in [3.8, 4) is 5.75 Å². The van der Waals surface area contributed by atoms with E-state index in [2.05, 4.69) is 0 Å². The maximum absolute atomic E-state index is 12.6. The Hall–Kier alpha value is -3.03. The van der Waals surface area contributed by atoms with Crippen molar-refractivity contribution >= 4 is 17.5 Å². The van der Waals surface area contributed by atoms with Gasteiger partial charge in [-0.2, -0.15) is 0 Å². The lowest BCUT2D eigenvalue weighted by molar-refractivity contribution is -0.173. The van der Waals surface area contributed by atoms with Gasteiger partial charge in [-0.15, -0.1) is 0 Å². The first-order valence-corrected chi connectivity index (χ1v) is 10.2. The number of carbonyl (C=O) groups is 3. The third-order valence-corrected chi connectivity index (χ3v) is 4.61. The maximum atomic E-state index is 12.6. The van der Waals surface area contributed by atoms with Crippen LogP contribution in [0.15, 0.2) is 54.6 Å². The van der Waals surface area contributed by atoms with E-state index >= 15 is 0 Å². The first-order valence-electron chi connectivity index (χ1n) is 10.2. The molecule has 172 valence electrons. The summed E-state index contributed by atoms with van der Waals surface area (Å²) in [7, 11) is 1.44. The molecule has 0 bridgehead atoms. The highest BCUT2D eigenvalue weighted by molar-refractivity contribution is 6.09. The van der Waals surface area contributed by atoms with E-state index in [1.54, 1.807) is 76.2 Å². The summed E-state index contributed by atoms with van der Waals surface area (Å²) in [5, 5.41) is 0. The van der Waals surface area contributed by atoms with Gasteiger partial charge in [0.25, 0.3) is 0 Å². The lowest BCUT2D eigenvalue weighted by Crippen LogP contribution is -2.43. The summed E-state index contributed by atoms with van der Waals surface area (Å²) in [5.41, 5.74) is -1.02. The van der Waals surface area contributed by atoms with Gasteiger partial charge in [-0.05, 0) is 39.8 Å². The van der Waals surface area contributed by atoms with Crippen LogP contribution >= 0.6 is 0 Å². The normalized spacial score (nSPS) is 11.7. The highest BCUT2D eigenvalue weighted by atomic mass is 16.6. The van der Waals surface area contributed by atoms with Crippen LogP contribution in [-0.4, -0.2) is 55.7 Å². The van der Waals surface area contributed by atoms with E-state index in [0.717, 1.165) is 0 Å². The van der Waals surface area contributed by atoms with Gasteiger partial charge in [0, 0.05) is 18.2 Å². The summed E-state index contributed by atoms with van der Waals surface area (Å²) >= 11 is 0. The van der Waals surface area contributed by atoms with Gasteiger partial charge in [0.2, 0.25) is 0 Å². The number of rotatable bonds is 12. The van der Waals surface area contributed by atoms with Crippen molar-refractivity contribution in [1.29, 1.82) is 0 Å². The Morgan fingerprint density at radius 2 is 1.50 bits per heavy atom. The first kappa shape index (κ1) is 25.2. The fourth-order valence-electron chi connectivity index (χ4n) is 2.73. The van der Waals surface area contributed by atoms with Gasteiger partial charge in [-0.3, -0.25) is 9.59 Å². The number of methoxy groups -OCH3 is 1. The fraction of sp³-hybridized carbons (Fsp3) is 0.400. The number of hydrogen-bond acceptors (Lipinski definition) is 7. The molecule has 7 heteroatoms. The second-order valence-corrected chi connectivity index (χ2v) is 8.40. The quantitative estimate of drug-likeness (QED) is 0.366. The summed E-state index contributed by atoms with van der Waals surface area (Å²) in [5.74, 6) is -0.568. The van der Waals surface area contributed by atoms with Gasteiger partial charge in [0.05, 0.1) is 6.61 Å². The maximum Gasteiger partial charge on any atom is 0.344 e. The van der Waals surface area contributed by atoms with E-state index in [9.17, 15) is 14.4 Å². The zero-order chi connectivity index (χ0) is 23.8. The van der Waals surface area contributed by atoms with Crippen LogP contribution in [0.4, 0.5) is 0 Å². The Labute approximate surface area is 188 Å². The third kappa shape index (κ3) is 7.59. The van der Waals surface area contributed by atoms with Crippen molar-refractivity contribution in [1.82, 2.24) is 0 Å². The van der Waals surface area contributed by atoms with Crippen molar-refractivity contribution in [3.05, 3.63) is 65.7 Å². The van der Waals surface area contributed by atoms with Crippen molar-refractivity contribution < 1.29 is 33.3 Å². The number of carbonyl (C=O) groups excluding carboxylic acids is 3. The van der Waals surface area contributed by atoms with Crippen LogP contribution in [0.5, 0.6) is 5.75 Å². The van der Waals surface area contributed by atoms with Crippen LogP contribution in [-0.2, 0) is 23.8 Å². The number of ether oxygens (including phenoxy) is 4. The molecule has 0 aromatic heterocycles. The van der Waals surface area contributed by atoms with Crippen molar-refractivity contribution in [2.24, 2.45) is 0 Å². The number of hydrogen-bond donors (Lipinski definition) is 0. The van der Waals surface area contributed by atoms with E-state index in [1.165, 1.54) is 7.11 Å². The molecule has 2 rings (SSSR count). The van der Waals surface area contributed by atoms with Crippen LogP contribution in [0.2, 0.25) is 0 Å². The minimum Gasteiger partial charge on any atom is -0.482 e. The Kier molecular flexibility index (Phi) is 8.69. The van der Waals surface area contributed by atoms with Crippen LogP contribution < -0.4 is 4.74 Å². The topological polar surface area (TPSA) is 88.1 Å². The van der Waals surface area contributed by atoms with Gasteiger partial charge in [0.15, 0.2) is 18.2 Å². The molecule has 0 radical (unpaired) electrons.